The molecule has 0 atom stereocenters. The fraction of sp³-hybridized carbons (Fsp3) is 0.143. The number of aldehydes is 2. The van der Waals surface area contributed by atoms with E-state index >= 15 is 0 Å². The number of methoxy groups -OCH3 is 1. The summed E-state index contributed by atoms with van der Waals surface area (Å²) in [5.74, 6) is -4.84. The van der Waals surface area contributed by atoms with E-state index in [4.69, 9.17) is 0 Å². The second kappa shape index (κ2) is 7.95. The number of thiophene rings is 1. The summed E-state index contributed by atoms with van der Waals surface area (Å²) in [7, 11) is 0.982. The molecule has 1 heterocycles. The van der Waals surface area contributed by atoms with E-state index in [1.54, 1.807) is 0 Å². The van der Waals surface area contributed by atoms with Crippen molar-refractivity contribution >= 4 is 23.9 Å². The SMILES string of the molecule is COc1c(F)c(F)cc(C=O)c1F.O=Cc1sccc1C(F)(F)F. The predicted molar refractivity (Wildman–Crippen MR) is 73.0 cm³/mol. The Morgan fingerprint density at radius 2 is 1.71 bits per heavy atom. The van der Waals surface area contributed by atoms with Crippen LogP contribution in [-0.4, -0.2) is 19.7 Å². The van der Waals surface area contributed by atoms with Crippen LogP contribution < -0.4 is 4.74 Å². The lowest BCUT2D eigenvalue weighted by Gasteiger charge is -2.05. The molecule has 0 fully saturated rings. The largest absolute Gasteiger partial charge is 0.491 e. The van der Waals surface area contributed by atoms with Gasteiger partial charge in [-0.3, -0.25) is 9.59 Å². The van der Waals surface area contributed by atoms with Gasteiger partial charge in [-0.05, 0) is 17.5 Å². The maximum Gasteiger partial charge on any atom is 0.417 e. The molecule has 3 nitrogen and oxygen atoms in total. The minimum atomic E-state index is -4.41. The standard InChI is InChI=1S/C8H5F3O2.C6H3F3OS/c1-13-8-6(10)4(3-12)2-5(9)7(8)11;7-6(8,9)4-1-2-11-5(4)3-10/h2-3H,1H3;1-3H. The van der Waals surface area contributed by atoms with E-state index in [9.17, 15) is 35.9 Å². The molecular formula is C14H8F6O3S. The van der Waals surface area contributed by atoms with E-state index in [1.165, 1.54) is 5.38 Å². The summed E-state index contributed by atoms with van der Waals surface area (Å²) >= 11 is 0.788. The third-order valence-corrected chi connectivity index (χ3v) is 3.43. The van der Waals surface area contributed by atoms with Crippen LogP contribution in [0, 0.1) is 17.5 Å². The van der Waals surface area contributed by atoms with E-state index in [1.807, 2.05) is 0 Å². The molecule has 0 spiro atoms. The highest BCUT2D eigenvalue weighted by molar-refractivity contribution is 7.11. The molecule has 0 amide bonds. The summed E-state index contributed by atoms with van der Waals surface area (Å²) in [6.07, 6.45) is -4.11. The third kappa shape index (κ3) is 4.34. The zero-order valence-electron chi connectivity index (χ0n) is 11.8. The molecule has 0 bridgehead atoms. The maximum atomic E-state index is 13.0. The van der Waals surface area contributed by atoms with Crippen molar-refractivity contribution in [3.63, 3.8) is 0 Å². The molecule has 0 aliphatic heterocycles. The van der Waals surface area contributed by atoms with Crippen LogP contribution in [0.3, 0.4) is 0 Å². The Bertz CT molecular complexity index is 739. The van der Waals surface area contributed by atoms with Gasteiger partial charge in [0.1, 0.15) is 0 Å². The average molecular weight is 370 g/mol. The fourth-order valence-electron chi connectivity index (χ4n) is 1.51. The molecule has 0 N–H and O–H groups in total. The van der Waals surface area contributed by atoms with Gasteiger partial charge < -0.3 is 4.74 Å². The van der Waals surface area contributed by atoms with Crippen LogP contribution in [0.5, 0.6) is 5.75 Å². The van der Waals surface area contributed by atoms with Gasteiger partial charge in [-0.1, -0.05) is 0 Å². The number of benzene rings is 1. The van der Waals surface area contributed by atoms with Crippen LogP contribution in [0.15, 0.2) is 17.5 Å². The summed E-state index contributed by atoms with van der Waals surface area (Å²) in [6.45, 7) is 0. The number of hydrogen-bond acceptors (Lipinski definition) is 4. The van der Waals surface area contributed by atoms with Crippen molar-refractivity contribution in [3.8, 4) is 5.75 Å². The van der Waals surface area contributed by atoms with Crippen LogP contribution >= 0.6 is 11.3 Å². The van der Waals surface area contributed by atoms with Crippen molar-refractivity contribution in [2.24, 2.45) is 0 Å². The molecule has 2 rings (SSSR count). The van der Waals surface area contributed by atoms with Crippen LogP contribution in [-0.2, 0) is 6.18 Å². The highest BCUT2D eigenvalue weighted by Crippen LogP contribution is 2.33. The number of ether oxygens (including phenoxy) is 1. The Morgan fingerprint density at radius 1 is 1.08 bits per heavy atom. The van der Waals surface area contributed by atoms with Crippen LogP contribution in [0.2, 0.25) is 0 Å². The van der Waals surface area contributed by atoms with E-state index in [-0.39, 0.29) is 17.4 Å². The third-order valence-electron chi connectivity index (χ3n) is 2.58. The number of alkyl halides is 3. The topological polar surface area (TPSA) is 43.4 Å². The first-order valence-corrected chi connectivity index (χ1v) is 6.81. The quantitative estimate of drug-likeness (QED) is 0.454. The zero-order valence-corrected chi connectivity index (χ0v) is 12.6. The molecule has 1 aromatic heterocycles. The van der Waals surface area contributed by atoms with E-state index in [0.717, 1.165) is 24.5 Å². The Morgan fingerprint density at radius 3 is 2.12 bits per heavy atom. The smallest absolute Gasteiger partial charge is 0.417 e. The van der Waals surface area contributed by atoms with Gasteiger partial charge in [0.2, 0.25) is 5.82 Å². The van der Waals surface area contributed by atoms with Crippen LogP contribution in [0.25, 0.3) is 0 Å². The van der Waals surface area contributed by atoms with E-state index < -0.39 is 40.5 Å². The number of halogens is 6. The first-order valence-electron chi connectivity index (χ1n) is 5.93. The Kier molecular flexibility index (Phi) is 6.52. The second-order valence-corrected chi connectivity index (χ2v) is 4.99. The molecule has 0 aliphatic carbocycles. The van der Waals surface area contributed by atoms with Crippen molar-refractivity contribution in [1.29, 1.82) is 0 Å². The predicted octanol–water partition coefficient (Wildman–Crippen LogP) is 4.50. The molecule has 2 aromatic rings. The molecule has 0 radical (unpaired) electrons. The minimum Gasteiger partial charge on any atom is -0.491 e. The van der Waals surface area contributed by atoms with Crippen molar-refractivity contribution in [2.75, 3.05) is 7.11 Å². The number of hydrogen-bond donors (Lipinski definition) is 0. The summed E-state index contributed by atoms with van der Waals surface area (Å²) in [6, 6.07) is 1.37. The molecule has 10 heteroatoms. The van der Waals surface area contributed by atoms with Gasteiger partial charge in [0.05, 0.1) is 23.1 Å². The zero-order chi connectivity index (χ0) is 18.5. The Balaban J connectivity index is 0.000000243. The van der Waals surface area contributed by atoms with Crippen molar-refractivity contribution in [1.82, 2.24) is 0 Å². The molecule has 0 saturated heterocycles. The highest BCUT2D eigenvalue weighted by atomic mass is 32.1. The monoisotopic (exact) mass is 370 g/mol. The molecule has 0 aliphatic rings. The van der Waals surface area contributed by atoms with E-state index in [2.05, 4.69) is 4.74 Å². The minimum absolute atomic E-state index is 0.0837. The summed E-state index contributed by atoms with van der Waals surface area (Å²) in [5.41, 5.74) is -1.42. The lowest BCUT2D eigenvalue weighted by atomic mass is 10.2. The van der Waals surface area contributed by atoms with Gasteiger partial charge in [0.15, 0.2) is 30.0 Å². The molecule has 24 heavy (non-hydrogen) atoms. The van der Waals surface area contributed by atoms with Gasteiger partial charge in [0.25, 0.3) is 0 Å². The first-order chi connectivity index (χ1) is 11.2. The summed E-state index contributed by atoms with van der Waals surface area (Å²) in [4.78, 5) is 20.0. The van der Waals surface area contributed by atoms with Crippen LogP contribution in [0.4, 0.5) is 26.3 Å². The molecule has 0 saturated carbocycles. The van der Waals surface area contributed by atoms with Gasteiger partial charge in [-0.2, -0.15) is 17.6 Å². The molecular weight excluding hydrogens is 362 g/mol. The first kappa shape index (κ1) is 19.7. The molecule has 1 aromatic carbocycles. The molecule has 130 valence electrons. The number of carbonyl (C=O) groups is 2. The van der Waals surface area contributed by atoms with Crippen molar-refractivity contribution in [3.05, 3.63) is 51.0 Å². The van der Waals surface area contributed by atoms with Crippen molar-refractivity contribution < 1.29 is 40.7 Å². The van der Waals surface area contributed by atoms with E-state index in [0.29, 0.717) is 6.07 Å². The second-order valence-electron chi connectivity index (χ2n) is 4.04. The van der Waals surface area contributed by atoms with Crippen LogP contribution in [0.1, 0.15) is 25.6 Å². The summed E-state index contributed by atoms with van der Waals surface area (Å²) in [5, 5.41) is 1.24. The normalized spacial score (nSPS) is 10.6. The maximum absolute atomic E-state index is 13.0. The fourth-order valence-corrected chi connectivity index (χ4v) is 2.23. The van der Waals surface area contributed by atoms with Gasteiger partial charge >= 0.3 is 6.18 Å². The lowest BCUT2D eigenvalue weighted by molar-refractivity contribution is -0.137. The van der Waals surface area contributed by atoms with Gasteiger partial charge in [-0.25, -0.2) is 8.78 Å². The highest BCUT2D eigenvalue weighted by Gasteiger charge is 2.33. The summed E-state index contributed by atoms with van der Waals surface area (Å²) < 4.78 is 78.3. The lowest BCUT2D eigenvalue weighted by Crippen LogP contribution is -2.05. The van der Waals surface area contributed by atoms with Crippen molar-refractivity contribution in [2.45, 2.75) is 6.18 Å². The Hall–Kier alpha value is -2.36. The van der Waals surface area contributed by atoms with Gasteiger partial charge in [-0.15, -0.1) is 11.3 Å². The number of rotatable bonds is 3. The Labute approximate surface area is 135 Å². The molecule has 0 unspecified atom stereocenters. The average Bonchev–Trinajstić information content (AvgIpc) is 3.01. The van der Waals surface area contributed by atoms with Gasteiger partial charge in [0, 0.05) is 0 Å². The number of carbonyl (C=O) groups excluding carboxylic acids is 2.